The van der Waals surface area contributed by atoms with Crippen molar-refractivity contribution in [2.45, 2.75) is 39.7 Å². The minimum atomic E-state index is -0.801. The highest BCUT2D eigenvalue weighted by Crippen LogP contribution is 2.47. The Kier molecular flexibility index (Phi) is 3.67. The lowest BCUT2D eigenvalue weighted by molar-refractivity contribution is -0.148. The van der Waals surface area contributed by atoms with Gasteiger partial charge >= 0.3 is 5.97 Å². The molecule has 1 N–H and O–H groups in total. The maximum atomic E-state index is 11.6. The standard InChI is InChI=1S/C16H23NO3/c1-10(2)17-9-13(16(3,4)15(18)19)12-8-11(20-5)6-7-14(12)17/h6-8,10,13H,9H2,1-5H3,(H,18,19). The molecule has 0 saturated heterocycles. The lowest BCUT2D eigenvalue weighted by atomic mass is 9.76. The number of hydrogen-bond donors (Lipinski definition) is 1. The quantitative estimate of drug-likeness (QED) is 0.918. The Bertz CT molecular complexity index is 522. The summed E-state index contributed by atoms with van der Waals surface area (Å²) in [6.07, 6.45) is 0. The summed E-state index contributed by atoms with van der Waals surface area (Å²) in [5.41, 5.74) is 1.40. The number of fused-ring (bicyclic) bond motifs is 1. The molecule has 1 unspecified atom stereocenters. The van der Waals surface area contributed by atoms with Crippen molar-refractivity contribution < 1.29 is 14.6 Å². The van der Waals surface area contributed by atoms with Gasteiger partial charge in [0.05, 0.1) is 12.5 Å². The monoisotopic (exact) mass is 277 g/mol. The fraction of sp³-hybridized carbons (Fsp3) is 0.562. The molecular formula is C16H23NO3. The van der Waals surface area contributed by atoms with Gasteiger partial charge in [-0.15, -0.1) is 0 Å². The molecule has 2 rings (SSSR count). The van der Waals surface area contributed by atoms with E-state index in [1.807, 2.05) is 18.2 Å². The summed E-state index contributed by atoms with van der Waals surface area (Å²) in [4.78, 5) is 13.9. The van der Waals surface area contributed by atoms with Crippen LogP contribution in [0.15, 0.2) is 18.2 Å². The number of anilines is 1. The van der Waals surface area contributed by atoms with Crippen LogP contribution >= 0.6 is 0 Å². The molecule has 1 aliphatic rings. The molecule has 0 aromatic heterocycles. The average molecular weight is 277 g/mol. The van der Waals surface area contributed by atoms with Crippen molar-refractivity contribution in [3.63, 3.8) is 0 Å². The van der Waals surface area contributed by atoms with E-state index in [1.165, 1.54) is 0 Å². The zero-order chi connectivity index (χ0) is 15.1. The van der Waals surface area contributed by atoms with Gasteiger partial charge in [-0.3, -0.25) is 4.79 Å². The number of hydrogen-bond acceptors (Lipinski definition) is 3. The fourth-order valence-corrected chi connectivity index (χ4v) is 2.85. The molecule has 0 fully saturated rings. The topological polar surface area (TPSA) is 49.8 Å². The van der Waals surface area contributed by atoms with Crippen LogP contribution in [-0.4, -0.2) is 30.8 Å². The third-order valence-corrected chi connectivity index (χ3v) is 4.34. The summed E-state index contributed by atoms with van der Waals surface area (Å²) in [6.45, 7) is 8.59. The molecule has 1 aromatic carbocycles. The summed E-state index contributed by atoms with van der Waals surface area (Å²) in [6, 6.07) is 6.29. The number of nitrogens with zero attached hydrogens (tertiary/aromatic N) is 1. The van der Waals surface area contributed by atoms with Crippen LogP contribution in [0.3, 0.4) is 0 Å². The highest BCUT2D eigenvalue weighted by Gasteiger charge is 2.44. The van der Waals surface area contributed by atoms with Crippen molar-refractivity contribution in [3.8, 4) is 5.75 Å². The van der Waals surface area contributed by atoms with Gasteiger partial charge in [0.2, 0.25) is 0 Å². The largest absolute Gasteiger partial charge is 0.497 e. The molecule has 0 bridgehead atoms. The SMILES string of the molecule is COc1ccc2c(c1)C(C(C)(C)C(=O)O)CN2C(C)C. The Morgan fingerprint density at radius 3 is 2.60 bits per heavy atom. The second-order valence-corrected chi connectivity index (χ2v) is 6.25. The van der Waals surface area contributed by atoms with Crippen LogP contribution in [0.4, 0.5) is 5.69 Å². The number of benzene rings is 1. The molecule has 1 aromatic rings. The number of rotatable bonds is 4. The summed E-state index contributed by atoms with van der Waals surface area (Å²) in [5.74, 6) is -0.0186. The van der Waals surface area contributed by atoms with E-state index in [9.17, 15) is 9.90 Å². The minimum Gasteiger partial charge on any atom is -0.497 e. The van der Waals surface area contributed by atoms with E-state index >= 15 is 0 Å². The van der Waals surface area contributed by atoms with Gasteiger partial charge in [-0.25, -0.2) is 0 Å². The van der Waals surface area contributed by atoms with Crippen molar-refractivity contribution in [1.82, 2.24) is 0 Å². The number of methoxy groups -OCH3 is 1. The molecule has 0 amide bonds. The Labute approximate surface area is 120 Å². The first-order chi connectivity index (χ1) is 9.28. The third-order valence-electron chi connectivity index (χ3n) is 4.34. The molecule has 1 atom stereocenters. The lowest BCUT2D eigenvalue weighted by Crippen LogP contribution is -2.36. The average Bonchev–Trinajstić information content (AvgIpc) is 2.77. The maximum absolute atomic E-state index is 11.6. The first kappa shape index (κ1) is 14.7. The fourth-order valence-electron chi connectivity index (χ4n) is 2.85. The van der Waals surface area contributed by atoms with Gasteiger partial charge in [0.25, 0.3) is 0 Å². The molecule has 20 heavy (non-hydrogen) atoms. The molecule has 0 spiro atoms. The molecule has 1 heterocycles. The van der Waals surface area contributed by atoms with Crippen molar-refractivity contribution >= 4 is 11.7 Å². The highest BCUT2D eigenvalue weighted by molar-refractivity contribution is 5.77. The van der Waals surface area contributed by atoms with Gasteiger partial charge < -0.3 is 14.7 Å². The molecule has 0 saturated carbocycles. The first-order valence-corrected chi connectivity index (χ1v) is 6.97. The molecule has 0 aliphatic carbocycles. The van der Waals surface area contributed by atoms with E-state index in [1.54, 1.807) is 21.0 Å². The Balaban J connectivity index is 2.52. The van der Waals surface area contributed by atoms with Crippen molar-refractivity contribution in [3.05, 3.63) is 23.8 Å². The van der Waals surface area contributed by atoms with Crippen LogP contribution < -0.4 is 9.64 Å². The second kappa shape index (κ2) is 5.00. The molecule has 4 heteroatoms. The predicted octanol–water partition coefficient (Wildman–Crippen LogP) is 3.12. The van der Waals surface area contributed by atoms with Crippen molar-refractivity contribution in [2.24, 2.45) is 5.41 Å². The zero-order valence-corrected chi connectivity index (χ0v) is 12.8. The van der Waals surface area contributed by atoms with Crippen LogP contribution in [0.5, 0.6) is 5.75 Å². The molecule has 4 nitrogen and oxygen atoms in total. The van der Waals surface area contributed by atoms with E-state index < -0.39 is 11.4 Å². The summed E-state index contributed by atoms with van der Waals surface area (Å²) in [7, 11) is 1.63. The maximum Gasteiger partial charge on any atom is 0.309 e. The number of ether oxygens (including phenoxy) is 1. The van der Waals surface area contributed by atoms with E-state index in [2.05, 4.69) is 18.7 Å². The number of carboxylic acids is 1. The van der Waals surface area contributed by atoms with E-state index in [0.29, 0.717) is 6.04 Å². The van der Waals surface area contributed by atoms with Gasteiger partial charge in [-0.1, -0.05) is 0 Å². The van der Waals surface area contributed by atoms with E-state index in [4.69, 9.17) is 4.74 Å². The summed E-state index contributed by atoms with van der Waals surface area (Å²) < 4.78 is 5.29. The van der Waals surface area contributed by atoms with Gasteiger partial charge in [0.15, 0.2) is 0 Å². The zero-order valence-electron chi connectivity index (χ0n) is 12.8. The molecule has 0 radical (unpaired) electrons. The van der Waals surface area contributed by atoms with Crippen molar-refractivity contribution in [2.75, 3.05) is 18.6 Å². The van der Waals surface area contributed by atoms with Gasteiger partial charge in [-0.2, -0.15) is 0 Å². The number of aliphatic carboxylic acids is 1. The molecule has 1 aliphatic heterocycles. The Morgan fingerprint density at radius 1 is 1.45 bits per heavy atom. The Morgan fingerprint density at radius 2 is 2.10 bits per heavy atom. The van der Waals surface area contributed by atoms with Gasteiger partial charge in [-0.05, 0) is 51.5 Å². The number of carboxylic acid groups (broad SMARTS) is 1. The molecular weight excluding hydrogens is 254 g/mol. The van der Waals surface area contributed by atoms with Gasteiger partial charge in [0, 0.05) is 24.2 Å². The molecule has 110 valence electrons. The van der Waals surface area contributed by atoms with Crippen LogP contribution in [0.25, 0.3) is 0 Å². The van der Waals surface area contributed by atoms with E-state index in [-0.39, 0.29) is 5.92 Å². The predicted molar refractivity (Wildman–Crippen MR) is 79.6 cm³/mol. The lowest BCUT2D eigenvalue weighted by Gasteiger charge is -2.29. The van der Waals surface area contributed by atoms with E-state index in [0.717, 1.165) is 23.5 Å². The minimum absolute atomic E-state index is 0.0347. The first-order valence-electron chi connectivity index (χ1n) is 6.97. The van der Waals surface area contributed by atoms with Crippen LogP contribution in [0.2, 0.25) is 0 Å². The van der Waals surface area contributed by atoms with Crippen LogP contribution in [0.1, 0.15) is 39.2 Å². The summed E-state index contributed by atoms with van der Waals surface area (Å²) >= 11 is 0. The normalized spacial score (nSPS) is 18.3. The smallest absolute Gasteiger partial charge is 0.309 e. The van der Waals surface area contributed by atoms with Crippen molar-refractivity contribution in [1.29, 1.82) is 0 Å². The third kappa shape index (κ3) is 2.23. The number of carbonyl (C=O) groups is 1. The summed E-state index contributed by atoms with van der Waals surface area (Å²) in [5, 5.41) is 9.53. The second-order valence-electron chi connectivity index (χ2n) is 6.25. The van der Waals surface area contributed by atoms with Crippen LogP contribution in [0, 0.1) is 5.41 Å². The van der Waals surface area contributed by atoms with Crippen LogP contribution in [-0.2, 0) is 4.79 Å². The van der Waals surface area contributed by atoms with Gasteiger partial charge in [0.1, 0.15) is 5.75 Å². The Hall–Kier alpha value is -1.71. The highest BCUT2D eigenvalue weighted by atomic mass is 16.5.